The van der Waals surface area contributed by atoms with Crippen molar-refractivity contribution in [3.8, 4) is 0 Å². The van der Waals surface area contributed by atoms with Crippen molar-refractivity contribution in [2.75, 3.05) is 6.54 Å². The maximum Gasteiger partial charge on any atom is 0.205 e. The number of hydrogen-bond acceptors (Lipinski definition) is 5. The lowest BCUT2D eigenvalue weighted by Crippen LogP contribution is -2.55. The molecule has 1 aliphatic heterocycles. The molecule has 1 aromatic rings. The van der Waals surface area contributed by atoms with Gasteiger partial charge in [-0.25, -0.2) is 4.99 Å². The average Bonchev–Trinajstić information content (AvgIpc) is 2.47. The standard InChI is InChI=1S/C15H18ClN3O2/c16-10-5-2-1-4-9(10)15-7-3-6-12(13(15)20)21-14(19-15)11(18)8-17/h1-2,4-5,11-12H,3,6-8,17-18H2/t11?,12-,15?/m0/s1. The Hall–Kier alpha value is -1.43. The molecule has 2 bridgehead atoms. The zero-order valence-corrected chi connectivity index (χ0v) is 12.3. The van der Waals surface area contributed by atoms with Crippen molar-refractivity contribution in [3.05, 3.63) is 34.9 Å². The van der Waals surface area contributed by atoms with E-state index in [1.54, 1.807) is 6.07 Å². The van der Waals surface area contributed by atoms with Crippen molar-refractivity contribution in [1.82, 2.24) is 0 Å². The lowest BCUT2D eigenvalue weighted by Gasteiger charge is -2.42. The molecule has 6 heteroatoms. The number of ether oxygens (including phenoxy) is 1. The number of aliphatic imine (C=N–C) groups is 1. The Bertz CT molecular complexity index is 604. The number of hydrogen-bond donors (Lipinski definition) is 2. The van der Waals surface area contributed by atoms with Gasteiger partial charge in [0, 0.05) is 17.1 Å². The number of halogens is 1. The molecular formula is C15H18ClN3O2. The molecule has 3 rings (SSSR count). The molecule has 0 aromatic heterocycles. The van der Waals surface area contributed by atoms with Gasteiger partial charge in [0.2, 0.25) is 11.7 Å². The van der Waals surface area contributed by atoms with E-state index in [1.165, 1.54) is 0 Å². The minimum Gasteiger partial charge on any atom is -0.468 e. The zero-order valence-electron chi connectivity index (χ0n) is 11.6. The maximum absolute atomic E-state index is 12.8. The summed E-state index contributed by atoms with van der Waals surface area (Å²) >= 11 is 6.31. The first-order valence-corrected chi connectivity index (χ1v) is 7.47. The molecule has 1 aliphatic carbocycles. The molecule has 3 atom stereocenters. The SMILES string of the molecule is NCC(N)C1=NC2(c3ccccc3Cl)CCC[C@H](O1)C2=O. The van der Waals surface area contributed by atoms with Crippen molar-refractivity contribution < 1.29 is 9.53 Å². The van der Waals surface area contributed by atoms with Gasteiger partial charge in [-0.05, 0) is 25.3 Å². The third-order valence-corrected chi connectivity index (χ3v) is 4.49. The van der Waals surface area contributed by atoms with Gasteiger partial charge in [0.05, 0.1) is 6.04 Å². The summed E-state index contributed by atoms with van der Waals surface area (Å²) < 4.78 is 5.66. The van der Waals surface area contributed by atoms with E-state index in [0.717, 1.165) is 12.0 Å². The second-order valence-corrected chi connectivity index (χ2v) is 5.90. The van der Waals surface area contributed by atoms with E-state index in [2.05, 4.69) is 4.99 Å². The Labute approximate surface area is 128 Å². The van der Waals surface area contributed by atoms with Gasteiger partial charge in [0.1, 0.15) is 0 Å². The minimum absolute atomic E-state index is 0.0326. The van der Waals surface area contributed by atoms with Crippen molar-refractivity contribution in [2.24, 2.45) is 16.5 Å². The van der Waals surface area contributed by atoms with Gasteiger partial charge in [-0.15, -0.1) is 0 Å². The smallest absolute Gasteiger partial charge is 0.205 e. The van der Waals surface area contributed by atoms with Crippen LogP contribution in [0.4, 0.5) is 0 Å². The second kappa shape index (κ2) is 5.40. The molecule has 21 heavy (non-hydrogen) atoms. The Morgan fingerprint density at radius 2 is 2.24 bits per heavy atom. The van der Waals surface area contributed by atoms with Gasteiger partial charge in [0.15, 0.2) is 11.6 Å². The zero-order chi connectivity index (χ0) is 15.0. The number of carbonyl (C=O) groups is 1. The number of rotatable bonds is 3. The van der Waals surface area contributed by atoms with Gasteiger partial charge in [0.25, 0.3) is 0 Å². The summed E-state index contributed by atoms with van der Waals surface area (Å²) in [6, 6.07) is 6.82. The summed E-state index contributed by atoms with van der Waals surface area (Å²) in [4.78, 5) is 17.3. The van der Waals surface area contributed by atoms with Crippen LogP contribution in [0, 0.1) is 0 Å². The lowest BCUT2D eigenvalue weighted by atomic mass is 9.73. The normalized spacial score (nSPS) is 29.6. The molecular weight excluding hydrogens is 290 g/mol. The lowest BCUT2D eigenvalue weighted by molar-refractivity contribution is -0.137. The summed E-state index contributed by atoms with van der Waals surface area (Å²) in [7, 11) is 0. The topological polar surface area (TPSA) is 90.7 Å². The van der Waals surface area contributed by atoms with Gasteiger partial charge in [-0.1, -0.05) is 29.8 Å². The third-order valence-electron chi connectivity index (χ3n) is 4.16. The first-order valence-electron chi connectivity index (χ1n) is 7.10. The van der Waals surface area contributed by atoms with Crippen LogP contribution in [0.1, 0.15) is 24.8 Å². The molecule has 112 valence electrons. The first-order chi connectivity index (χ1) is 10.1. The molecule has 0 radical (unpaired) electrons. The predicted molar refractivity (Wildman–Crippen MR) is 81.3 cm³/mol. The molecule has 0 saturated heterocycles. The highest BCUT2D eigenvalue weighted by Crippen LogP contribution is 2.44. The Balaban J connectivity index is 2.16. The Kier molecular flexibility index (Phi) is 3.73. The molecule has 1 aromatic carbocycles. The summed E-state index contributed by atoms with van der Waals surface area (Å²) in [6.45, 7) is 0.221. The predicted octanol–water partition coefficient (Wildman–Crippen LogP) is 1.37. The number of fused-ring (bicyclic) bond motifs is 2. The van der Waals surface area contributed by atoms with E-state index in [1.807, 2.05) is 18.2 Å². The van der Waals surface area contributed by atoms with Crippen molar-refractivity contribution in [1.29, 1.82) is 0 Å². The van der Waals surface area contributed by atoms with Crippen LogP contribution in [0.2, 0.25) is 5.02 Å². The van der Waals surface area contributed by atoms with Gasteiger partial charge >= 0.3 is 0 Å². The van der Waals surface area contributed by atoms with Crippen molar-refractivity contribution >= 4 is 23.3 Å². The molecule has 1 heterocycles. The molecule has 0 amide bonds. The monoisotopic (exact) mass is 307 g/mol. The third kappa shape index (κ3) is 2.25. The van der Waals surface area contributed by atoms with E-state index in [4.69, 9.17) is 27.8 Å². The number of nitrogens with two attached hydrogens (primary N) is 2. The van der Waals surface area contributed by atoms with Gasteiger partial charge in [-0.2, -0.15) is 0 Å². The number of nitrogens with zero attached hydrogens (tertiary/aromatic N) is 1. The summed E-state index contributed by atoms with van der Waals surface area (Å²) in [5, 5.41) is 0.540. The fraction of sp³-hybridized carbons (Fsp3) is 0.467. The Morgan fingerprint density at radius 1 is 1.48 bits per heavy atom. The number of Topliss-reactive ketones (excluding diaryl/α,β-unsaturated/α-hetero) is 1. The summed E-state index contributed by atoms with van der Waals surface area (Å²) in [5.41, 5.74) is 11.3. The van der Waals surface area contributed by atoms with E-state index >= 15 is 0 Å². The average molecular weight is 308 g/mol. The fourth-order valence-electron chi connectivity index (χ4n) is 3.04. The maximum atomic E-state index is 12.8. The first kappa shape index (κ1) is 14.5. The van der Waals surface area contributed by atoms with E-state index < -0.39 is 17.7 Å². The van der Waals surface area contributed by atoms with E-state index in [9.17, 15) is 4.79 Å². The summed E-state index contributed by atoms with van der Waals surface area (Å²) in [5.74, 6) is 0.330. The molecule has 2 aliphatic rings. The van der Waals surface area contributed by atoms with Crippen LogP contribution >= 0.6 is 11.6 Å². The second-order valence-electron chi connectivity index (χ2n) is 5.50. The molecule has 2 unspecified atom stereocenters. The number of ketones is 1. The van der Waals surface area contributed by atoms with Crippen molar-refractivity contribution in [2.45, 2.75) is 36.9 Å². The Morgan fingerprint density at radius 3 is 2.95 bits per heavy atom. The molecule has 1 fully saturated rings. The highest BCUT2D eigenvalue weighted by molar-refractivity contribution is 6.32. The van der Waals surface area contributed by atoms with Crippen LogP contribution in [-0.4, -0.2) is 30.4 Å². The van der Waals surface area contributed by atoms with Crippen LogP contribution in [0.3, 0.4) is 0 Å². The quantitative estimate of drug-likeness (QED) is 0.882. The van der Waals surface area contributed by atoms with Crippen LogP contribution < -0.4 is 11.5 Å². The minimum atomic E-state index is -0.971. The number of benzene rings is 1. The van der Waals surface area contributed by atoms with Gasteiger partial charge in [-0.3, -0.25) is 4.79 Å². The van der Waals surface area contributed by atoms with Crippen molar-refractivity contribution in [3.63, 3.8) is 0 Å². The number of carbonyl (C=O) groups excluding carboxylic acids is 1. The molecule has 1 saturated carbocycles. The molecule has 4 N–H and O–H groups in total. The van der Waals surface area contributed by atoms with E-state index in [0.29, 0.717) is 23.8 Å². The van der Waals surface area contributed by atoms with Crippen LogP contribution in [0.5, 0.6) is 0 Å². The highest BCUT2D eigenvalue weighted by atomic mass is 35.5. The molecule has 5 nitrogen and oxygen atoms in total. The fourth-order valence-corrected chi connectivity index (χ4v) is 3.33. The van der Waals surface area contributed by atoms with Crippen LogP contribution in [0.25, 0.3) is 0 Å². The van der Waals surface area contributed by atoms with Crippen LogP contribution in [0.15, 0.2) is 29.3 Å². The van der Waals surface area contributed by atoms with Gasteiger partial charge < -0.3 is 16.2 Å². The highest BCUT2D eigenvalue weighted by Gasteiger charge is 2.52. The largest absolute Gasteiger partial charge is 0.468 e. The summed E-state index contributed by atoms with van der Waals surface area (Å²) in [6.07, 6.45) is 1.66. The molecule has 0 spiro atoms. The van der Waals surface area contributed by atoms with E-state index in [-0.39, 0.29) is 12.3 Å². The van der Waals surface area contributed by atoms with Crippen LogP contribution in [-0.2, 0) is 15.1 Å².